The van der Waals surface area contributed by atoms with Crippen LogP contribution in [-0.4, -0.2) is 40.4 Å². The minimum atomic E-state index is -0.894. The van der Waals surface area contributed by atoms with Crippen molar-refractivity contribution < 1.29 is 19.1 Å². The molecule has 5 heteroatoms. The smallest absolute Gasteiger partial charge is 0.410 e. The zero-order valence-corrected chi connectivity index (χ0v) is 11.0. The second-order valence-electron chi connectivity index (χ2n) is 5.82. The van der Waals surface area contributed by atoms with Gasteiger partial charge in [-0.2, -0.15) is 0 Å². The van der Waals surface area contributed by atoms with Gasteiger partial charge < -0.3 is 19.2 Å². The number of ether oxygens (including phenoxy) is 1. The molecular weight excluding hydrogens is 234 g/mol. The van der Waals surface area contributed by atoms with Crippen LogP contribution in [0.5, 0.6) is 0 Å². The van der Waals surface area contributed by atoms with Gasteiger partial charge in [0.1, 0.15) is 17.0 Å². The van der Waals surface area contributed by atoms with Gasteiger partial charge in [0.05, 0.1) is 19.4 Å². The average Bonchev–Trinajstić information content (AvgIpc) is 2.63. The van der Waals surface area contributed by atoms with Crippen LogP contribution in [0.15, 0.2) is 22.8 Å². The van der Waals surface area contributed by atoms with Crippen LogP contribution in [0.1, 0.15) is 26.5 Å². The second kappa shape index (κ2) is 4.31. The van der Waals surface area contributed by atoms with Crippen molar-refractivity contribution in [2.75, 3.05) is 13.1 Å². The van der Waals surface area contributed by atoms with Gasteiger partial charge in [-0.1, -0.05) is 0 Å². The number of carbonyl (C=O) groups excluding carboxylic acids is 1. The lowest BCUT2D eigenvalue weighted by Crippen LogP contribution is -2.65. The van der Waals surface area contributed by atoms with E-state index < -0.39 is 11.2 Å². The number of β-amino-alcohol motifs (C(OH)–C–C–N with tert-alkyl or cyclic N) is 1. The molecule has 18 heavy (non-hydrogen) atoms. The Kier molecular flexibility index (Phi) is 3.11. The molecule has 0 radical (unpaired) electrons. The summed E-state index contributed by atoms with van der Waals surface area (Å²) < 4.78 is 10.4. The topological polar surface area (TPSA) is 62.9 Å². The highest BCUT2D eigenvalue weighted by Crippen LogP contribution is 2.27. The van der Waals surface area contributed by atoms with Gasteiger partial charge in [0.2, 0.25) is 0 Å². The van der Waals surface area contributed by atoms with Crippen LogP contribution < -0.4 is 0 Å². The summed E-state index contributed by atoms with van der Waals surface area (Å²) in [5.41, 5.74) is -1.40. The predicted octanol–water partition coefficient (Wildman–Crippen LogP) is 1.80. The van der Waals surface area contributed by atoms with Crippen molar-refractivity contribution in [2.45, 2.75) is 38.4 Å². The molecule has 1 aromatic rings. The van der Waals surface area contributed by atoms with E-state index in [0.29, 0.717) is 6.42 Å². The van der Waals surface area contributed by atoms with E-state index in [2.05, 4.69) is 0 Å². The summed E-state index contributed by atoms with van der Waals surface area (Å²) >= 11 is 0. The van der Waals surface area contributed by atoms with E-state index >= 15 is 0 Å². The maximum absolute atomic E-state index is 11.7. The van der Waals surface area contributed by atoms with Gasteiger partial charge in [0.15, 0.2) is 0 Å². The molecule has 1 fully saturated rings. The molecule has 0 unspecified atom stereocenters. The third-order valence-electron chi connectivity index (χ3n) is 2.71. The Hall–Kier alpha value is -1.49. The number of likely N-dealkylation sites (tertiary alicyclic amines) is 1. The molecular formula is C13H19NO4. The summed E-state index contributed by atoms with van der Waals surface area (Å²) in [6.07, 6.45) is 1.61. The van der Waals surface area contributed by atoms with Crippen molar-refractivity contribution in [3.05, 3.63) is 24.2 Å². The molecule has 100 valence electrons. The monoisotopic (exact) mass is 253 g/mol. The van der Waals surface area contributed by atoms with Gasteiger partial charge in [-0.3, -0.25) is 0 Å². The average molecular weight is 253 g/mol. The van der Waals surface area contributed by atoms with Crippen molar-refractivity contribution >= 4 is 6.09 Å². The number of furan rings is 1. The van der Waals surface area contributed by atoms with Crippen LogP contribution in [0.25, 0.3) is 0 Å². The molecule has 0 aromatic carbocycles. The van der Waals surface area contributed by atoms with E-state index in [4.69, 9.17) is 9.15 Å². The molecule has 1 amide bonds. The van der Waals surface area contributed by atoms with Gasteiger partial charge in [0, 0.05) is 6.42 Å². The van der Waals surface area contributed by atoms with Gasteiger partial charge in [-0.15, -0.1) is 0 Å². The minimum Gasteiger partial charge on any atom is -0.469 e. The highest BCUT2D eigenvalue weighted by Gasteiger charge is 2.45. The lowest BCUT2D eigenvalue weighted by molar-refractivity contribution is -0.0994. The predicted molar refractivity (Wildman–Crippen MR) is 65.2 cm³/mol. The second-order valence-corrected chi connectivity index (χ2v) is 5.82. The summed E-state index contributed by atoms with van der Waals surface area (Å²) in [6, 6.07) is 3.59. The van der Waals surface area contributed by atoms with Gasteiger partial charge in [-0.25, -0.2) is 4.79 Å². The molecule has 1 aliphatic rings. The minimum absolute atomic E-state index is 0.280. The zero-order valence-electron chi connectivity index (χ0n) is 11.0. The number of carbonyl (C=O) groups is 1. The van der Waals surface area contributed by atoms with Crippen LogP contribution >= 0.6 is 0 Å². The molecule has 1 aromatic heterocycles. The lowest BCUT2D eigenvalue weighted by Gasteiger charge is -2.46. The van der Waals surface area contributed by atoms with Crippen LogP contribution in [0.2, 0.25) is 0 Å². The first kappa shape index (κ1) is 13.0. The van der Waals surface area contributed by atoms with E-state index in [-0.39, 0.29) is 19.2 Å². The van der Waals surface area contributed by atoms with Crippen LogP contribution in [0.4, 0.5) is 4.79 Å². The standard InChI is InChI=1S/C13H19NO4/c1-12(2,3)18-11(15)14-8-13(16,9-14)7-10-5-4-6-17-10/h4-6,16H,7-9H2,1-3H3. The quantitative estimate of drug-likeness (QED) is 0.873. The molecule has 5 nitrogen and oxygen atoms in total. The summed E-state index contributed by atoms with van der Waals surface area (Å²) in [5, 5.41) is 10.2. The molecule has 1 aliphatic heterocycles. The fraction of sp³-hybridized carbons (Fsp3) is 0.615. The number of hydrogen-bond acceptors (Lipinski definition) is 4. The van der Waals surface area contributed by atoms with E-state index in [1.165, 1.54) is 4.90 Å². The first-order valence-electron chi connectivity index (χ1n) is 6.00. The number of aliphatic hydroxyl groups is 1. The van der Waals surface area contributed by atoms with E-state index in [9.17, 15) is 9.90 Å². The Labute approximate surface area is 106 Å². The number of nitrogens with zero attached hydrogens (tertiary/aromatic N) is 1. The third-order valence-corrected chi connectivity index (χ3v) is 2.71. The Morgan fingerprint density at radius 1 is 1.56 bits per heavy atom. The normalized spacial score (nSPS) is 18.3. The lowest BCUT2D eigenvalue weighted by atomic mass is 9.90. The molecule has 1 N–H and O–H groups in total. The maximum atomic E-state index is 11.7. The third kappa shape index (κ3) is 3.04. The summed E-state index contributed by atoms with van der Waals surface area (Å²) in [6.45, 7) is 6.02. The van der Waals surface area contributed by atoms with Crippen LogP contribution in [0, 0.1) is 0 Å². The number of rotatable bonds is 2. The Bertz CT molecular complexity index is 413. The molecule has 2 rings (SSSR count). The Morgan fingerprint density at radius 3 is 2.72 bits per heavy atom. The maximum Gasteiger partial charge on any atom is 0.410 e. The van der Waals surface area contributed by atoms with Crippen molar-refractivity contribution in [1.82, 2.24) is 4.90 Å². The fourth-order valence-corrected chi connectivity index (χ4v) is 1.97. The van der Waals surface area contributed by atoms with E-state index in [0.717, 1.165) is 5.76 Å². The van der Waals surface area contributed by atoms with E-state index in [1.54, 1.807) is 12.3 Å². The van der Waals surface area contributed by atoms with Crippen molar-refractivity contribution in [1.29, 1.82) is 0 Å². The van der Waals surface area contributed by atoms with Crippen molar-refractivity contribution in [3.8, 4) is 0 Å². The molecule has 0 bridgehead atoms. The highest BCUT2D eigenvalue weighted by molar-refractivity contribution is 5.69. The Balaban J connectivity index is 1.84. The highest BCUT2D eigenvalue weighted by atomic mass is 16.6. The van der Waals surface area contributed by atoms with Crippen molar-refractivity contribution in [3.63, 3.8) is 0 Å². The SMILES string of the molecule is CC(C)(C)OC(=O)N1CC(O)(Cc2ccco2)C1. The molecule has 0 saturated carbocycles. The first-order valence-corrected chi connectivity index (χ1v) is 6.00. The largest absolute Gasteiger partial charge is 0.469 e. The molecule has 2 heterocycles. The van der Waals surface area contributed by atoms with Gasteiger partial charge in [-0.05, 0) is 32.9 Å². The number of amides is 1. The van der Waals surface area contributed by atoms with Crippen LogP contribution in [-0.2, 0) is 11.2 Å². The summed E-state index contributed by atoms with van der Waals surface area (Å²) in [7, 11) is 0. The summed E-state index contributed by atoms with van der Waals surface area (Å²) in [4.78, 5) is 13.2. The number of hydrogen-bond donors (Lipinski definition) is 1. The molecule has 0 spiro atoms. The molecule has 0 atom stereocenters. The molecule has 1 saturated heterocycles. The summed E-state index contributed by atoms with van der Waals surface area (Å²) in [5.74, 6) is 0.723. The Morgan fingerprint density at radius 2 is 2.22 bits per heavy atom. The van der Waals surface area contributed by atoms with E-state index in [1.807, 2.05) is 26.8 Å². The first-order chi connectivity index (χ1) is 8.27. The van der Waals surface area contributed by atoms with Crippen molar-refractivity contribution in [2.24, 2.45) is 0 Å². The zero-order chi connectivity index (χ0) is 13.4. The fourth-order valence-electron chi connectivity index (χ4n) is 1.97. The van der Waals surface area contributed by atoms with Gasteiger partial charge >= 0.3 is 6.09 Å². The van der Waals surface area contributed by atoms with Crippen LogP contribution in [0.3, 0.4) is 0 Å². The molecule has 0 aliphatic carbocycles. The van der Waals surface area contributed by atoms with Gasteiger partial charge in [0.25, 0.3) is 0 Å².